The van der Waals surface area contributed by atoms with Crippen LogP contribution in [0, 0.1) is 12.8 Å². The van der Waals surface area contributed by atoms with Crippen molar-refractivity contribution in [2.45, 2.75) is 51.2 Å². The average Bonchev–Trinajstić information content (AvgIpc) is 2.73. The van der Waals surface area contributed by atoms with Crippen LogP contribution in [0.4, 0.5) is 0 Å². The van der Waals surface area contributed by atoms with Crippen LogP contribution in [-0.2, 0) is 13.6 Å². The van der Waals surface area contributed by atoms with E-state index >= 15 is 0 Å². The van der Waals surface area contributed by atoms with Gasteiger partial charge in [-0.05, 0) is 26.2 Å². The zero-order chi connectivity index (χ0) is 15.0. The molecule has 3 rings (SSSR count). The monoisotopic (exact) mass is 293 g/mol. The summed E-state index contributed by atoms with van der Waals surface area (Å²) < 4.78 is 7.30. The fourth-order valence-corrected chi connectivity index (χ4v) is 4.13. The molecule has 1 aliphatic carbocycles. The summed E-state index contributed by atoms with van der Waals surface area (Å²) in [6, 6.07) is 0. The maximum Gasteiger partial charge on any atom is 0.216 e. The summed E-state index contributed by atoms with van der Waals surface area (Å²) in [6.07, 6.45) is 5.49. The molecule has 0 radical (unpaired) electrons. The minimum absolute atomic E-state index is 0.400. The zero-order valence-electron chi connectivity index (χ0n) is 13.4. The highest BCUT2D eigenvalue weighted by molar-refractivity contribution is 5.30. The van der Waals surface area contributed by atoms with E-state index < -0.39 is 5.60 Å². The molecule has 1 aromatic heterocycles. The van der Waals surface area contributed by atoms with E-state index in [1.165, 1.54) is 18.4 Å². The largest absolute Gasteiger partial charge is 0.481 e. The van der Waals surface area contributed by atoms with E-state index in [1.54, 1.807) is 7.11 Å². The van der Waals surface area contributed by atoms with Crippen LogP contribution >= 0.6 is 0 Å². The summed E-state index contributed by atoms with van der Waals surface area (Å²) in [4.78, 5) is 2.46. The van der Waals surface area contributed by atoms with Gasteiger partial charge in [-0.3, -0.25) is 4.90 Å². The number of rotatable bonds is 3. The van der Waals surface area contributed by atoms with E-state index in [2.05, 4.69) is 10.00 Å². The number of likely N-dealkylation sites (tertiary alicyclic amines) is 1. The number of nitrogens with zero attached hydrogens (tertiary/aromatic N) is 3. The Hall–Kier alpha value is -1.07. The van der Waals surface area contributed by atoms with Gasteiger partial charge in [0, 0.05) is 32.6 Å². The predicted molar refractivity (Wildman–Crippen MR) is 81.3 cm³/mol. The van der Waals surface area contributed by atoms with Gasteiger partial charge in [0.15, 0.2) is 0 Å². The van der Waals surface area contributed by atoms with E-state index in [1.807, 2.05) is 18.7 Å². The van der Waals surface area contributed by atoms with Gasteiger partial charge in [0.2, 0.25) is 5.88 Å². The molecule has 5 heteroatoms. The van der Waals surface area contributed by atoms with Crippen molar-refractivity contribution < 1.29 is 9.84 Å². The molecule has 2 heterocycles. The number of aryl methyl sites for hydroxylation is 2. The van der Waals surface area contributed by atoms with E-state index in [4.69, 9.17) is 4.74 Å². The maximum absolute atomic E-state index is 10.8. The van der Waals surface area contributed by atoms with Crippen molar-refractivity contribution in [3.8, 4) is 5.88 Å². The molecule has 1 aliphatic heterocycles. The second-order valence-electron chi connectivity index (χ2n) is 6.73. The zero-order valence-corrected chi connectivity index (χ0v) is 13.4. The molecule has 0 amide bonds. The number of aromatic nitrogens is 2. The molecule has 2 aliphatic rings. The Labute approximate surface area is 126 Å². The van der Waals surface area contributed by atoms with Crippen molar-refractivity contribution in [1.29, 1.82) is 0 Å². The number of hydrogen-bond acceptors (Lipinski definition) is 4. The number of hydrogen-bond donors (Lipinski definition) is 1. The lowest BCUT2D eigenvalue weighted by molar-refractivity contribution is -0.0968. The molecule has 5 nitrogen and oxygen atoms in total. The van der Waals surface area contributed by atoms with Gasteiger partial charge >= 0.3 is 0 Å². The molecule has 21 heavy (non-hydrogen) atoms. The molecule has 1 N–H and O–H groups in total. The lowest BCUT2D eigenvalue weighted by Crippen LogP contribution is -2.53. The first-order valence-corrected chi connectivity index (χ1v) is 8.04. The summed E-state index contributed by atoms with van der Waals surface area (Å²) >= 11 is 0. The fraction of sp³-hybridized carbons (Fsp3) is 0.812. The van der Waals surface area contributed by atoms with Gasteiger partial charge in [0.1, 0.15) is 0 Å². The standard InChI is InChI=1S/C16H27N3O2/c1-12-14(15(21-3)18(2)17-12)11-19-9-8-16(20)7-5-4-6-13(16)10-19/h13,20H,4-11H2,1-3H3. The molecule has 2 atom stereocenters. The smallest absolute Gasteiger partial charge is 0.216 e. The van der Waals surface area contributed by atoms with Gasteiger partial charge in [-0.2, -0.15) is 5.10 Å². The van der Waals surface area contributed by atoms with Crippen molar-refractivity contribution in [2.75, 3.05) is 20.2 Å². The maximum atomic E-state index is 10.8. The SMILES string of the molecule is COc1c(CN2CCC3(O)CCCCC3C2)c(C)nn1C. The lowest BCUT2D eigenvalue weighted by Gasteiger charge is -2.47. The van der Waals surface area contributed by atoms with Crippen molar-refractivity contribution in [2.24, 2.45) is 13.0 Å². The Bertz CT molecular complexity index is 514. The van der Waals surface area contributed by atoms with Gasteiger partial charge in [-0.1, -0.05) is 12.8 Å². The van der Waals surface area contributed by atoms with Crippen LogP contribution in [-0.4, -0.2) is 45.6 Å². The topological polar surface area (TPSA) is 50.5 Å². The van der Waals surface area contributed by atoms with Crippen LogP contribution in [0.5, 0.6) is 5.88 Å². The van der Waals surface area contributed by atoms with Gasteiger partial charge in [0.25, 0.3) is 0 Å². The molecule has 1 saturated heterocycles. The molecular formula is C16H27N3O2. The Balaban J connectivity index is 1.72. The Kier molecular flexibility index (Phi) is 3.97. The van der Waals surface area contributed by atoms with Crippen LogP contribution < -0.4 is 4.74 Å². The molecule has 118 valence electrons. The summed E-state index contributed by atoms with van der Waals surface area (Å²) in [7, 11) is 3.63. The van der Waals surface area contributed by atoms with Crippen molar-refractivity contribution in [1.82, 2.24) is 14.7 Å². The summed E-state index contributed by atoms with van der Waals surface area (Å²) in [5.74, 6) is 1.29. The first-order valence-electron chi connectivity index (χ1n) is 8.04. The fourth-order valence-electron chi connectivity index (χ4n) is 4.13. The third-order valence-electron chi connectivity index (χ3n) is 5.38. The molecule has 2 fully saturated rings. The minimum atomic E-state index is -0.400. The van der Waals surface area contributed by atoms with Crippen molar-refractivity contribution in [3.05, 3.63) is 11.3 Å². The van der Waals surface area contributed by atoms with Crippen LogP contribution in [0.2, 0.25) is 0 Å². The van der Waals surface area contributed by atoms with Crippen molar-refractivity contribution >= 4 is 0 Å². The summed E-state index contributed by atoms with van der Waals surface area (Å²) in [5.41, 5.74) is 1.82. The van der Waals surface area contributed by atoms with Gasteiger partial charge < -0.3 is 9.84 Å². The average molecular weight is 293 g/mol. The highest BCUT2D eigenvalue weighted by atomic mass is 16.5. The summed E-state index contributed by atoms with van der Waals surface area (Å²) in [5, 5.41) is 15.2. The van der Waals surface area contributed by atoms with Crippen LogP contribution in [0.15, 0.2) is 0 Å². The molecule has 1 saturated carbocycles. The highest BCUT2D eigenvalue weighted by Gasteiger charge is 2.42. The third kappa shape index (κ3) is 2.69. The quantitative estimate of drug-likeness (QED) is 0.924. The van der Waals surface area contributed by atoms with E-state index in [0.29, 0.717) is 5.92 Å². The van der Waals surface area contributed by atoms with Crippen LogP contribution in [0.1, 0.15) is 43.4 Å². The predicted octanol–water partition coefficient (Wildman–Crippen LogP) is 1.86. The lowest BCUT2D eigenvalue weighted by atomic mass is 9.71. The molecule has 0 aromatic carbocycles. The molecule has 0 spiro atoms. The van der Waals surface area contributed by atoms with Crippen LogP contribution in [0.3, 0.4) is 0 Å². The second-order valence-corrected chi connectivity index (χ2v) is 6.73. The second kappa shape index (κ2) is 5.61. The Morgan fingerprint density at radius 1 is 1.38 bits per heavy atom. The molecule has 0 bridgehead atoms. The first-order chi connectivity index (χ1) is 10.0. The minimum Gasteiger partial charge on any atom is -0.481 e. The number of ether oxygens (including phenoxy) is 1. The normalized spacial score (nSPS) is 30.2. The van der Waals surface area contributed by atoms with Crippen molar-refractivity contribution in [3.63, 3.8) is 0 Å². The van der Waals surface area contributed by atoms with E-state index in [0.717, 1.165) is 50.5 Å². The van der Waals surface area contributed by atoms with Gasteiger partial charge in [-0.25, -0.2) is 4.68 Å². The Morgan fingerprint density at radius 2 is 2.19 bits per heavy atom. The molecule has 2 unspecified atom stereocenters. The van der Waals surface area contributed by atoms with Gasteiger partial charge in [0.05, 0.1) is 24.0 Å². The number of fused-ring (bicyclic) bond motifs is 1. The summed E-state index contributed by atoms with van der Waals surface area (Å²) in [6.45, 7) is 4.87. The molecule has 1 aromatic rings. The first kappa shape index (κ1) is 14.9. The van der Waals surface area contributed by atoms with Gasteiger partial charge in [-0.15, -0.1) is 0 Å². The highest BCUT2D eigenvalue weighted by Crippen LogP contribution is 2.40. The van der Waals surface area contributed by atoms with E-state index in [-0.39, 0.29) is 0 Å². The molecular weight excluding hydrogens is 266 g/mol. The van der Waals surface area contributed by atoms with Crippen LogP contribution in [0.25, 0.3) is 0 Å². The number of piperidine rings is 1. The number of aliphatic hydroxyl groups is 1. The Morgan fingerprint density at radius 3 is 2.95 bits per heavy atom. The van der Waals surface area contributed by atoms with E-state index in [9.17, 15) is 5.11 Å². The third-order valence-corrected chi connectivity index (χ3v) is 5.38. The number of methoxy groups -OCH3 is 1.